The van der Waals surface area contributed by atoms with Crippen LogP contribution in [0.4, 0.5) is 10.1 Å². The first-order valence-electron chi connectivity index (χ1n) is 7.41. The smallest absolute Gasteiger partial charge is 0.238 e. The van der Waals surface area contributed by atoms with Crippen LogP contribution in [0.15, 0.2) is 52.3 Å². The third-order valence-electron chi connectivity index (χ3n) is 3.55. The second-order valence-corrected chi connectivity index (χ2v) is 9.24. The number of aryl methyl sites for hydroxylation is 1. The Morgan fingerprint density at radius 3 is 2.27 bits per heavy atom. The van der Waals surface area contributed by atoms with Crippen LogP contribution in [0.1, 0.15) is 12.0 Å². The quantitative estimate of drug-likeness (QED) is 0.713. The fourth-order valence-electron chi connectivity index (χ4n) is 2.19. The number of rotatable bonds is 6. The van der Waals surface area contributed by atoms with E-state index in [1.807, 2.05) is 0 Å². The number of hydrogen-bond donors (Lipinski definition) is 2. The van der Waals surface area contributed by atoms with Crippen LogP contribution < -0.4 is 10.5 Å². The monoisotopic (exact) mass is 400 g/mol. The summed E-state index contributed by atoms with van der Waals surface area (Å²) >= 11 is 0. The van der Waals surface area contributed by atoms with E-state index in [1.54, 1.807) is 6.92 Å². The summed E-state index contributed by atoms with van der Waals surface area (Å²) in [5, 5.41) is 7.53. The van der Waals surface area contributed by atoms with Gasteiger partial charge in [-0.15, -0.1) is 0 Å². The van der Waals surface area contributed by atoms with Crippen molar-refractivity contribution >= 4 is 31.5 Å². The van der Waals surface area contributed by atoms with Gasteiger partial charge in [0.1, 0.15) is 5.82 Å². The third-order valence-corrected chi connectivity index (χ3v) is 6.33. The molecule has 0 saturated heterocycles. The van der Waals surface area contributed by atoms with E-state index >= 15 is 0 Å². The highest BCUT2D eigenvalue weighted by Crippen LogP contribution is 2.19. The second-order valence-electron chi connectivity index (χ2n) is 5.60. The lowest BCUT2D eigenvalue weighted by Gasteiger charge is -2.09. The standard InChI is InChI=1S/C16H17FN2O5S2/c1-11-2-5-13(10-15(11)26(18,23)24)19-16(20)8-9-25(21,22)14-6-3-12(17)4-7-14/h2-7,10H,8-9H2,1H3,(H,19,20)(H2,18,23,24). The molecule has 3 N–H and O–H groups in total. The summed E-state index contributed by atoms with van der Waals surface area (Å²) in [5.74, 6) is -1.65. The van der Waals surface area contributed by atoms with Crippen molar-refractivity contribution in [3.63, 3.8) is 0 Å². The summed E-state index contributed by atoms with van der Waals surface area (Å²) in [5.41, 5.74) is 0.605. The van der Waals surface area contributed by atoms with Crippen molar-refractivity contribution in [1.82, 2.24) is 0 Å². The van der Waals surface area contributed by atoms with Crippen molar-refractivity contribution in [1.29, 1.82) is 0 Å². The molecule has 7 nitrogen and oxygen atoms in total. The molecule has 0 aromatic heterocycles. The van der Waals surface area contributed by atoms with Gasteiger partial charge in [-0.05, 0) is 48.9 Å². The Balaban J connectivity index is 2.06. The van der Waals surface area contributed by atoms with E-state index in [9.17, 15) is 26.0 Å². The maximum absolute atomic E-state index is 12.9. The summed E-state index contributed by atoms with van der Waals surface area (Å²) in [6.45, 7) is 1.56. The molecule has 0 aliphatic carbocycles. The lowest BCUT2D eigenvalue weighted by atomic mass is 10.2. The van der Waals surface area contributed by atoms with Crippen molar-refractivity contribution < 1.29 is 26.0 Å². The van der Waals surface area contributed by atoms with Gasteiger partial charge in [0.05, 0.1) is 15.5 Å². The number of anilines is 1. The van der Waals surface area contributed by atoms with E-state index < -0.39 is 37.3 Å². The number of benzene rings is 2. The molecule has 0 unspecified atom stereocenters. The summed E-state index contributed by atoms with van der Waals surface area (Å²) in [6, 6.07) is 8.46. The van der Waals surface area contributed by atoms with E-state index in [4.69, 9.17) is 5.14 Å². The molecule has 10 heteroatoms. The minimum absolute atomic E-state index is 0.0847. The molecule has 1 amide bonds. The lowest BCUT2D eigenvalue weighted by Crippen LogP contribution is -2.18. The molecule has 2 rings (SSSR count). The fourth-order valence-corrected chi connectivity index (χ4v) is 4.24. The maximum Gasteiger partial charge on any atom is 0.238 e. The minimum atomic E-state index is -3.94. The van der Waals surface area contributed by atoms with E-state index in [2.05, 4.69) is 5.32 Å². The summed E-state index contributed by atoms with van der Waals surface area (Å²) < 4.78 is 60.1. The van der Waals surface area contributed by atoms with Crippen LogP contribution in [0.2, 0.25) is 0 Å². The SMILES string of the molecule is Cc1ccc(NC(=O)CCS(=O)(=O)c2ccc(F)cc2)cc1S(N)(=O)=O. The van der Waals surface area contributed by atoms with Crippen LogP contribution in [-0.4, -0.2) is 28.5 Å². The van der Waals surface area contributed by atoms with Crippen molar-refractivity contribution in [2.24, 2.45) is 5.14 Å². The van der Waals surface area contributed by atoms with Crippen molar-refractivity contribution in [2.45, 2.75) is 23.1 Å². The van der Waals surface area contributed by atoms with Gasteiger partial charge in [0.2, 0.25) is 15.9 Å². The number of hydrogen-bond acceptors (Lipinski definition) is 5. The summed E-state index contributed by atoms with van der Waals surface area (Å²) in [4.78, 5) is 11.8. The molecular weight excluding hydrogens is 383 g/mol. The Kier molecular flexibility index (Phi) is 5.79. The van der Waals surface area contributed by atoms with Gasteiger partial charge in [-0.25, -0.2) is 26.4 Å². The van der Waals surface area contributed by atoms with Gasteiger partial charge in [-0.3, -0.25) is 4.79 Å². The van der Waals surface area contributed by atoms with Crippen LogP contribution >= 0.6 is 0 Å². The van der Waals surface area contributed by atoms with E-state index in [0.717, 1.165) is 24.3 Å². The highest BCUT2D eigenvalue weighted by molar-refractivity contribution is 7.91. The minimum Gasteiger partial charge on any atom is -0.326 e. The number of primary sulfonamides is 1. The molecule has 0 heterocycles. The van der Waals surface area contributed by atoms with Gasteiger partial charge in [-0.2, -0.15) is 0 Å². The second kappa shape index (κ2) is 7.52. The Labute approximate surface area is 151 Å². The number of sulfone groups is 1. The molecular formula is C16H17FN2O5S2. The van der Waals surface area contributed by atoms with Gasteiger partial charge in [0, 0.05) is 12.1 Å². The summed E-state index contributed by atoms with van der Waals surface area (Å²) in [6.07, 6.45) is -0.349. The Morgan fingerprint density at radius 1 is 1.08 bits per heavy atom. The number of carbonyl (C=O) groups excluding carboxylic acids is 1. The van der Waals surface area contributed by atoms with Crippen molar-refractivity contribution in [3.8, 4) is 0 Å². The first-order chi connectivity index (χ1) is 12.0. The molecule has 0 radical (unpaired) electrons. The first-order valence-corrected chi connectivity index (χ1v) is 10.6. The van der Waals surface area contributed by atoms with Gasteiger partial charge in [-0.1, -0.05) is 6.07 Å². The molecule has 0 saturated carbocycles. The van der Waals surface area contributed by atoms with E-state index in [0.29, 0.717) is 5.56 Å². The number of carbonyl (C=O) groups is 1. The predicted molar refractivity (Wildman–Crippen MR) is 94.3 cm³/mol. The lowest BCUT2D eigenvalue weighted by molar-refractivity contribution is -0.115. The zero-order chi connectivity index (χ0) is 19.5. The number of nitrogens with two attached hydrogens (primary N) is 1. The molecule has 0 aliphatic heterocycles. The number of halogens is 1. The number of nitrogens with one attached hydrogen (secondary N) is 1. The van der Waals surface area contributed by atoms with Gasteiger partial charge < -0.3 is 5.32 Å². The van der Waals surface area contributed by atoms with Crippen molar-refractivity contribution in [2.75, 3.05) is 11.1 Å². The van der Waals surface area contributed by atoms with Gasteiger partial charge in [0.25, 0.3) is 0 Å². The Morgan fingerprint density at radius 2 is 1.69 bits per heavy atom. The van der Waals surface area contributed by atoms with Gasteiger partial charge >= 0.3 is 0 Å². The maximum atomic E-state index is 12.9. The molecule has 26 heavy (non-hydrogen) atoms. The molecule has 0 aliphatic rings. The molecule has 0 atom stereocenters. The van der Waals surface area contributed by atoms with Crippen LogP contribution in [0.5, 0.6) is 0 Å². The number of sulfonamides is 1. The zero-order valence-electron chi connectivity index (χ0n) is 13.8. The average molecular weight is 400 g/mol. The first kappa shape index (κ1) is 20.0. The number of amides is 1. The van der Waals surface area contributed by atoms with E-state index in [-0.39, 0.29) is 21.9 Å². The topological polar surface area (TPSA) is 123 Å². The van der Waals surface area contributed by atoms with Crippen LogP contribution in [0.25, 0.3) is 0 Å². The zero-order valence-corrected chi connectivity index (χ0v) is 15.4. The fraction of sp³-hybridized carbons (Fsp3) is 0.188. The molecule has 140 valence electrons. The van der Waals surface area contributed by atoms with E-state index in [1.165, 1.54) is 18.2 Å². The molecule has 0 bridgehead atoms. The predicted octanol–water partition coefficient (Wildman–Crippen LogP) is 1.58. The summed E-state index contributed by atoms with van der Waals surface area (Å²) in [7, 11) is -7.69. The van der Waals surface area contributed by atoms with Gasteiger partial charge in [0.15, 0.2) is 9.84 Å². The Hall–Kier alpha value is -2.30. The molecule has 0 spiro atoms. The normalized spacial score (nSPS) is 12.0. The molecule has 2 aromatic carbocycles. The van der Waals surface area contributed by atoms with Crippen LogP contribution in [0, 0.1) is 12.7 Å². The average Bonchev–Trinajstić information content (AvgIpc) is 2.54. The largest absolute Gasteiger partial charge is 0.326 e. The highest BCUT2D eigenvalue weighted by atomic mass is 32.2. The third kappa shape index (κ3) is 5.10. The van der Waals surface area contributed by atoms with Crippen LogP contribution in [-0.2, 0) is 24.7 Å². The van der Waals surface area contributed by atoms with Crippen LogP contribution in [0.3, 0.4) is 0 Å². The molecule has 0 fully saturated rings. The highest BCUT2D eigenvalue weighted by Gasteiger charge is 2.17. The Bertz CT molecular complexity index is 1030. The molecule has 2 aromatic rings. The van der Waals surface area contributed by atoms with Crippen molar-refractivity contribution in [3.05, 3.63) is 53.8 Å².